The molecule has 0 aliphatic rings. The smallest absolute Gasteiger partial charge is 0.347 e. The molecule has 0 aliphatic heterocycles. The molecule has 21 heavy (non-hydrogen) atoms. The fraction of sp³-hybridized carbons (Fsp3) is 0.188. The molecule has 2 aromatic heterocycles. The molecule has 5 heteroatoms. The summed E-state index contributed by atoms with van der Waals surface area (Å²) in [5.74, 6) is 1.73. The molecule has 0 unspecified atom stereocenters. The van der Waals surface area contributed by atoms with Gasteiger partial charge in [-0.2, -0.15) is 0 Å². The van der Waals surface area contributed by atoms with E-state index in [2.05, 4.69) is 0 Å². The lowest BCUT2D eigenvalue weighted by atomic mass is 10.1. The molecule has 0 saturated heterocycles. The van der Waals surface area contributed by atoms with Gasteiger partial charge in [0.25, 0.3) is 0 Å². The lowest BCUT2D eigenvalue weighted by molar-refractivity contribution is 0.396. The fourth-order valence-electron chi connectivity index (χ4n) is 2.27. The second-order valence-electron chi connectivity index (χ2n) is 4.55. The molecule has 0 bridgehead atoms. The molecule has 0 aliphatic carbocycles. The van der Waals surface area contributed by atoms with Gasteiger partial charge >= 0.3 is 5.63 Å². The monoisotopic (exact) mass is 302 g/mol. The van der Waals surface area contributed by atoms with Crippen molar-refractivity contribution in [2.45, 2.75) is 6.42 Å². The van der Waals surface area contributed by atoms with E-state index in [9.17, 15) is 4.79 Å². The average Bonchev–Trinajstić information content (AvgIpc) is 2.98. The molecule has 2 heterocycles. The van der Waals surface area contributed by atoms with E-state index >= 15 is 0 Å². The molecular formula is C16H14O4S. The van der Waals surface area contributed by atoms with Crippen LogP contribution in [0.2, 0.25) is 0 Å². The Balaban J connectivity index is 2.16. The zero-order chi connectivity index (χ0) is 14.8. The Bertz CT molecular complexity index is 818. The van der Waals surface area contributed by atoms with Crippen LogP contribution in [0, 0.1) is 0 Å². The van der Waals surface area contributed by atoms with Gasteiger partial charge in [0.2, 0.25) is 0 Å². The highest BCUT2D eigenvalue weighted by molar-refractivity contribution is 7.09. The molecule has 0 radical (unpaired) electrons. The summed E-state index contributed by atoms with van der Waals surface area (Å²) in [6.45, 7) is 0. The molecule has 3 rings (SSSR count). The highest BCUT2D eigenvalue weighted by Crippen LogP contribution is 2.29. The lowest BCUT2D eigenvalue weighted by Crippen LogP contribution is -2.04. The zero-order valence-electron chi connectivity index (χ0n) is 11.7. The fourth-order valence-corrected chi connectivity index (χ4v) is 2.98. The molecule has 0 fully saturated rings. The van der Waals surface area contributed by atoms with Crippen molar-refractivity contribution >= 4 is 22.1 Å². The standard InChI is InChI=1S/C16H14O4S/c1-18-11-6-10-7-12(8-13-4-3-5-21-13)20-16(17)15(10)14(9-11)19-2/h3-7,9H,8H2,1-2H3. The molecule has 108 valence electrons. The number of hydrogen-bond acceptors (Lipinski definition) is 5. The maximum Gasteiger partial charge on any atom is 0.347 e. The molecule has 0 amide bonds. The summed E-state index contributed by atoms with van der Waals surface area (Å²) < 4.78 is 15.9. The maximum absolute atomic E-state index is 12.2. The minimum atomic E-state index is -0.390. The Labute approximate surface area is 125 Å². The van der Waals surface area contributed by atoms with Crippen LogP contribution in [0.4, 0.5) is 0 Å². The molecule has 0 saturated carbocycles. The predicted octanol–water partition coefficient (Wildman–Crippen LogP) is 3.46. The van der Waals surface area contributed by atoms with Gasteiger partial charge in [0.05, 0.1) is 14.2 Å². The van der Waals surface area contributed by atoms with E-state index in [0.717, 1.165) is 10.3 Å². The number of hydrogen-bond donors (Lipinski definition) is 0. The highest BCUT2D eigenvalue weighted by atomic mass is 32.1. The topological polar surface area (TPSA) is 48.7 Å². The third-order valence-electron chi connectivity index (χ3n) is 3.23. The summed E-state index contributed by atoms with van der Waals surface area (Å²) in [5, 5.41) is 3.20. The van der Waals surface area contributed by atoms with Crippen molar-refractivity contribution in [3.63, 3.8) is 0 Å². The Morgan fingerprint density at radius 2 is 2.05 bits per heavy atom. The first-order chi connectivity index (χ1) is 10.2. The Morgan fingerprint density at radius 3 is 2.71 bits per heavy atom. The van der Waals surface area contributed by atoms with Gasteiger partial charge in [0, 0.05) is 17.4 Å². The second-order valence-corrected chi connectivity index (χ2v) is 5.58. The largest absolute Gasteiger partial charge is 0.497 e. The molecule has 0 N–H and O–H groups in total. The first kappa shape index (κ1) is 13.7. The Morgan fingerprint density at radius 1 is 1.19 bits per heavy atom. The summed E-state index contributed by atoms with van der Waals surface area (Å²) in [5.41, 5.74) is -0.390. The van der Waals surface area contributed by atoms with Gasteiger partial charge in [-0.1, -0.05) is 6.07 Å². The third-order valence-corrected chi connectivity index (χ3v) is 4.11. The van der Waals surface area contributed by atoms with Crippen LogP contribution < -0.4 is 15.1 Å². The van der Waals surface area contributed by atoms with Gasteiger partial charge in [0.15, 0.2) is 0 Å². The number of thiophene rings is 1. The van der Waals surface area contributed by atoms with Crippen molar-refractivity contribution in [3.8, 4) is 11.5 Å². The Kier molecular flexibility index (Phi) is 3.66. The summed E-state index contributed by atoms with van der Waals surface area (Å²) in [4.78, 5) is 13.4. The third kappa shape index (κ3) is 2.64. The number of fused-ring (bicyclic) bond motifs is 1. The van der Waals surface area contributed by atoms with Crippen LogP contribution in [-0.2, 0) is 6.42 Å². The van der Waals surface area contributed by atoms with Gasteiger partial charge < -0.3 is 13.9 Å². The van der Waals surface area contributed by atoms with Crippen LogP contribution in [0.15, 0.2) is 44.9 Å². The first-order valence-corrected chi connectivity index (χ1v) is 7.30. The SMILES string of the molecule is COc1cc(OC)c2c(=O)oc(Cc3cccs3)cc2c1. The number of benzene rings is 1. The van der Waals surface area contributed by atoms with Crippen LogP contribution in [0.25, 0.3) is 10.8 Å². The molecule has 0 spiro atoms. The minimum Gasteiger partial charge on any atom is -0.497 e. The molecule has 3 aromatic rings. The summed E-state index contributed by atoms with van der Waals surface area (Å²) in [7, 11) is 3.10. The molecule has 0 atom stereocenters. The van der Waals surface area contributed by atoms with E-state index in [0.29, 0.717) is 29.1 Å². The summed E-state index contributed by atoms with van der Waals surface area (Å²) in [6.07, 6.45) is 0.600. The van der Waals surface area contributed by atoms with E-state index < -0.39 is 5.63 Å². The number of rotatable bonds is 4. The van der Waals surface area contributed by atoms with Crippen molar-refractivity contribution in [1.29, 1.82) is 0 Å². The predicted molar refractivity (Wildman–Crippen MR) is 82.7 cm³/mol. The second kappa shape index (κ2) is 5.61. The van der Waals surface area contributed by atoms with E-state index in [1.807, 2.05) is 29.6 Å². The average molecular weight is 302 g/mol. The van der Waals surface area contributed by atoms with Crippen LogP contribution in [-0.4, -0.2) is 14.2 Å². The Hall–Kier alpha value is -2.27. The van der Waals surface area contributed by atoms with Gasteiger partial charge in [-0.15, -0.1) is 11.3 Å². The van der Waals surface area contributed by atoms with E-state index in [1.165, 1.54) is 7.11 Å². The normalized spacial score (nSPS) is 10.8. The van der Waals surface area contributed by atoms with Crippen molar-refractivity contribution in [3.05, 3.63) is 56.8 Å². The first-order valence-electron chi connectivity index (χ1n) is 6.42. The van der Waals surface area contributed by atoms with E-state index in [1.54, 1.807) is 24.5 Å². The van der Waals surface area contributed by atoms with Crippen molar-refractivity contribution in [1.82, 2.24) is 0 Å². The molecule has 4 nitrogen and oxygen atoms in total. The number of methoxy groups -OCH3 is 2. The van der Waals surface area contributed by atoms with Crippen LogP contribution in [0.1, 0.15) is 10.6 Å². The van der Waals surface area contributed by atoms with Crippen molar-refractivity contribution in [2.75, 3.05) is 14.2 Å². The summed E-state index contributed by atoms with van der Waals surface area (Å²) in [6, 6.07) is 9.35. The van der Waals surface area contributed by atoms with Crippen molar-refractivity contribution in [2.24, 2.45) is 0 Å². The highest BCUT2D eigenvalue weighted by Gasteiger charge is 2.12. The molecule has 1 aromatic carbocycles. The van der Waals surface area contributed by atoms with Gasteiger partial charge in [0.1, 0.15) is 22.6 Å². The zero-order valence-corrected chi connectivity index (χ0v) is 12.5. The van der Waals surface area contributed by atoms with Gasteiger partial charge in [-0.05, 0) is 29.0 Å². The summed E-state index contributed by atoms with van der Waals surface area (Å²) >= 11 is 1.63. The van der Waals surface area contributed by atoms with Crippen molar-refractivity contribution < 1.29 is 13.9 Å². The van der Waals surface area contributed by atoms with Gasteiger partial charge in [-0.3, -0.25) is 0 Å². The van der Waals surface area contributed by atoms with E-state index in [4.69, 9.17) is 13.9 Å². The lowest BCUT2D eigenvalue weighted by Gasteiger charge is -2.08. The van der Waals surface area contributed by atoms with Crippen LogP contribution in [0.5, 0.6) is 11.5 Å². The van der Waals surface area contributed by atoms with E-state index in [-0.39, 0.29) is 0 Å². The van der Waals surface area contributed by atoms with Crippen LogP contribution in [0.3, 0.4) is 0 Å². The maximum atomic E-state index is 12.2. The van der Waals surface area contributed by atoms with Gasteiger partial charge in [-0.25, -0.2) is 4.79 Å². The molecular weight excluding hydrogens is 288 g/mol. The minimum absolute atomic E-state index is 0.390. The van der Waals surface area contributed by atoms with Crippen LogP contribution >= 0.6 is 11.3 Å². The quantitative estimate of drug-likeness (QED) is 0.740. The number of ether oxygens (including phenoxy) is 2.